The Kier molecular flexibility index (Phi) is 4.27. The Bertz CT molecular complexity index is 493. The third-order valence-corrected chi connectivity index (χ3v) is 4.09. The number of anilines is 1. The van der Waals surface area contributed by atoms with Crippen LogP contribution in [0.25, 0.3) is 0 Å². The topological polar surface area (TPSA) is 78.9 Å². The van der Waals surface area contributed by atoms with Crippen LogP contribution in [-0.2, 0) is 4.79 Å². The molecule has 1 aromatic carbocycles. The summed E-state index contributed by atoms with van der Waals surface area (Å²) in [5.74, 6) is -0.0339. The zero-order valence-corrected chi connectivity index (χ0v) is 11.7. The maximum absolute atomic E-state index is 13.0. The number of amides is 1. The van der Waals surface area contributed by atoms with Crippen molar-refractivity contribution in [2.24, 2.45) is 16.3 Å². The molecule has 1 aromatic rings. The van der Waals surface area contributed by atoms with Crippen molar-refractivity contribution >= 4 is 17.4 Å². The third-order valence-electron chi connectivity index (χ3n) is 4.09. The fourth-order valence-corrected chi connectivity index (χ4v) is 2.96. The Balaban J connectivity index is 2.36. The Labute approximate surface area is 119 Å². The van der Waals surface area contributed by atoms with Gasteiger partial charge in [0, 0.05) is 12.2 Å². The zero-order chi connectivity index (χ0) is 14.6. The number of para-hydroxylation sites is 1. The van der Waals surface area contributed by atoms with E-state index in [0.717, 1.165) is 18.5 Å². The molecule has 3 N–H and O–H groups in total. The fraction of sp³-hybridized carbons (Fsp3) is 0.467. The molecule has 1 aliphatic carbocycles. The normalized spacial score (nSPS) is 17.9. The second-order valence-electron chi connectivity index (χ2n) is 5.16. The summed E-state index contributed by atoms with van der Waals surface area (Å²) in [5, 5.41) is 12.1. The van der Waals surface area contributed by atoms with Gasteiger partial charge in [0.05, 0.1) is 0 Å². The number of oxime groups is 1. The van der Waals surface area contributed by atoms with Gasteiger partial charge in [-0.2, -0.15) is 0 Å². The maximum atomic E-state index is 13.0. The summed E-state index contributed by atoms with van der Waals surface area (Å²) < 4.78 is 0. The smallest absolute Gasteiger partial charge is 0.240 e. The predicted molar refractivity (Wildman–Crippen MR) is 78.8 cm³/mol. The summed E-state index contributed by atoms with van der Waals surface area (Å²) >= 11 is 0. The molecule has 108 valence electrons. The third kappa shape index (κ3) is 2.35. The first-order valence-corrected chi connectivity index (χ1v) is 7.00. The molecule has 1 saturated carbocycles. The van der Waals surface area contributed by atoms with Gasteiger partial charge in [0.25, 0.3) is 0 Å². The van der Waals surface area contributed by atoms with Crippen molar-refractivity contribution < 1.29 is 10.0 Å². The molecular weight excluding hydrogens is 254 g/mol. The molecule has 0 aliphatic heterocycles. The number of carbonyl (C=O) groups excluding carboxylic acids is 1. The lowest BCUT2D eigenvalue weighted by atomic mass is 9.83. The van der Waals surface area contributed by atoms with Crippen LogP contribution in [0.3, 0.4) is 0 Å². The second-order valence-corrected chi connectivity index (χ2v) is 5.16. The Morgan fingerprint density at radius 2 is 1.95 bits per heavy atom. The highest BCUT2D eigenvalue weighted by atomic mass is 16.4. The van der Waals surface area contributed by atoms with Gasteiger partial charge in [-0.05, 0) is 31.9 Å². The summed E-state index contributed by atoms with van der Waals surface area (Å²) in [6.07, 6.45) is 3.14. The van der Waals surface area contributed by atoms with E-state index in [2.05, 4.69) is 5.16 Å². The van der Waals surface area contributed by atoms with E-state index in [0.29, 0.717) is 19.4 Å². The van der Waals surface area contributed by atoms with E-state index in [-0.39, 0.29) is 11.7 Å². The molecule has 0 atom stereocenters. The van der Waals surface area contributed by atoms with Crippen molar-refractivity contribution in [3.05, 3.63) is 30.3 Å². The van der Waals surface area contributed by atoms with Gasteiger partial charge in [-0.25, -0.2) is 0 Å². The van der Waals surface area contributed by atoms with Crippen LogP contribution in [0.1, 0.15) is 32.6 Å². The number of rotatable bonds is 4. The molecule has 0 unspecified atom stereocenters. The minimum Gasteiger partial charge on any atom is -0.409 e. The number of benzene rings is 1. The van der Waals surface area contributed by atoms with Crippen molar-refractivity contribution in [2.75, 3.05) is 11.4 Å². The van der Waals surface area contributed by atoms with Crippen LogP contribution in [0.15, 0.2) is 35.5 Å². The molecule has 5 heteroatoms. The standard InChI is InChI=1S/C15H21N3O2/c1-2-18(12-8-4-3-5-9-12)14(19)15(13(16)17-20)10-6-7-11-15/h3-5,8-9,20H,2,6-7,10-11H2,1H3,(H2,16,17). The van der Waals surface area contributed by atoms with Gasteiger partial charge in [-0.15, -0.1) is 0 Å². The molecular formula is C15H21N3O2. The highest BCUT2D eigenvalue weighted by Crippen LogP contribution is 2.40. The van der Waals surface area contributed by atoms with Crippen LogP contribution in [0.2, 0.25) is 0 Å². The van der Waals surface area contributed by atoms with Crippen LogP contribution >= 0.6 is 0 Å². The largest absolute Gasteiger partial charge is 0.409 e. The average Bonchev–Trinajstić information content (AvgIpc) is 2.99. The molecule has 0 bridgehead atoms. The molecule has 1 fully saturated rings. The van der Waals surface area contributed by atoms with E-state index < -0.39 is 5.41 Å². The van der Waals surface area contributed by atoms with Gasteiger partial charge >= 0.3 is 0 Å². The Morgan fingerprint density at radius 3 is 2.45 bits per heavy atom. The van der Waals surface area contributed by atoms with Gasteiger partial charge in [0.1, 0.15) is 5.41 Å². The van der Waals surface area contributed by atoms with Crippen molar-refractivity contribution in [3.8, 4) is 0 Å². The molecule has 20 heavy (non-hydrogen) atoms. The monoisotopic (exact) mass is 275 g/mol. The second kappa shape index (κ2) is 5.94. The number of nitrogens with two attached hydrogens (primary N) is 1. The maximum Gasteiger partial charge on any atom is 0.240 e. The van der Waals surface area contributed by atoms with E-state index in [1.54, 1.807) is 4.90 Å². The van der Waals surface area contributed by atoms with Crippen molar-refractivity contribution in [1.82, 2.24) is 0 Å². The molecule has 0 radical (unpaired) electrons. The molecule has 0 aromatic heterocycles. The Morgan fingerprint density at radius 1 is 1.35 bits per heavy atom. The van der Waals surface area contributed by atoms with Gasteiger partial charge in [0.15, 0.2) is 5.84 Å². The quantitative estimate of drug-likeness (QED) is 0.383. The van der Waals surface area contributed by atoms with Gasteiger partial charge in [-0.1, -0.05) is 36.2 Å². The van der Waals surface area contributed by atoms with Crippen molar-refractivity contribution in [2.45, 2.75) is 32.6 Å². The molecule has 5 nitrogen and oxygen atoms in total. The van der Waals surface area contributed by atoms with E-state index in [4.69, 9.17) is 10.9 Å². The Hall–Kier alpha value is -2.04. The van der Waals surface area contributed by atoms with Crippen molar-refractivity contribution in [3.63, 3.8) is 0 Å². The minimum absolute atomic E-state index is 0.0365. The molecule has 0 heterocycles. The summed E-state index contributed by atoms with van der Waals surface area (Å²) in [5.41, 5.74) is 5.84. The predicted octanol–water partition coefficient (Wildman–Crippen LogP) is 2.35. The van der Waals surface area contributed by atoms with Crippen LogP contribution in [0, 0.1) is 5.41 Å². The SMILES string of the molecule is CCN(C(=O)C1(C(N)=NO)CCCC1)c1ccccc1. The highest BCUT2D eigenvalue weighted by Gasteiger charge is 2.47. The van der Waals surface area contributed by atoms with Gasteiger partial charge < -0.3 is 15.8 Å². The highest BCUT2D eigenvalue weighted by molar-refractivity contribution is 6.13. The summed E-state index contributed by atoms with van der Waals surface area (Å²) in [6.45, 7) is 2.49. The van der Waals surface area contributed by atoms with Crippen molar-refractivity contribution in [1.29, 1.82) is 0 Å². The van der Waals surface area contributed by atoms with E-state index in [1.807, 2.05) is 37.3 Å². The van der Waals surface area contributed by atoms with E-state index in [9.17, 15) is 4.79 Å². The van der Waals surface area contributed by atoms with E-state index in [1.165, 1.54) is 0 Å². The molecule has 1 amide bonds. The van der Waals surface area contributed by atoms with E-state index >= 15 is 0 Å². The lowest BCUT2D eigenvalue weighted by molar-refractivity contribution is -0.124. The molecule has 1 aliphatic rings. The lowest BCUT2D eigenvalue weighted by Gasteiger charge is -2.32. The van der Waals surface area contributed by atoms with Gasteiger partial charge in [0.2, 0.25) is 5.91 Å². The first-order valence-electron chi connectivity index (χ1n) is 7.00. The molecule has 0 saturated heterocycles. The first-order chi connectivity index (χ1) is 9.65. The lowest BCUT2D eigenvalue weighted by Crippen LogP contribution is -2.50. The van der Waals surface area contributed by atoms with Crippen LogP contribution < -0.4 is 10.6 Å². The van der Waals surface area contributed by atoms with Gasteiger partial charge in [-0.3, -0.25) is 4.79 Å². The number of nitrogens with zero attached hydrogens (tertiary/aromatic N) is 2. The molecule has 0 spiro atoms. The summed E-state index contributed by atoms with van der Waals surface area (Å²) in [6, 6.07) is 9.51. The van der Waals surface area contributed by atoms with Crippen LogP contribution in [-0.4, -0.2) is 23.5 Å². The number of amidine groups is 1. The van der Waals surface area contributed by atoms with Crippen LogP contribution in [0.4, 0.5) is 5.69 Å². The number of hydrogen-bond acceptors (Lipinski definition) is 3. The molecule has 2 rings (SSSR count). The minimum atomic E-state index is -0.847. The summed E-state index contributed by atoms with van der Waals surface area (Å²) in [7, 11) is 0. The fourth-order valence-electron chi connectivity index (χ4n) is 2.96. The average molecular weight is 275 g/mol. The number of carbonyl (C=O) groups is 1. The summed E-state index contributed by atoms with van der Waals surface area (Å²) in [4.78, 5) is 14.7. The first kappa shape index (κ1) is 14.4. The number of hydrogen-bond donors (Lipinski definition) is 2. The van der Waals surface area contributed by atoms with Crippen LogP contribution in [0.5, 0.6) is 0 Å². The zero-order valence-electron chi connectivity index (χ0n) is 11.7.